The molecule has 8 heteroatoms. The van der Waals surface area contributed by atoms with Crippen LogP contribution < -0.4 is 10.6 Å². The Morgan fingerprint density at radius 3 is 2.36 bits per heavy atom. The zero-order valence-electron chi connectivity index (χ0n) is 13.0. The summed E-state index contributed by atoms with van der Waals surface area (Å²) in [5.41, 5.74) is 1.75. The maximum atomic E-state index is 6.15. The van der Waals surface area contributed by atoms with E-state index in [0.29, 0.717) is 34.0 Å². The quantitative estimate of drug-likeness (QED) is 0.599. The van der Waals surface area contributed by atoms with Crippen molar-refractivity contribution in [1.82, 2.24) is 15.2 Å². The second-order valence-electron chi connectivity index (χ2n) is 5.19. The average Bonchev–Trinajstić information content (AvgIpc) is 2.60. The first-order valence-electron chi connectivity index (χ1n) is 7.51. The van der Waals surface area contributed by atoms with Gasteiger partial charge in [0.05, 0.1) is 21.9 Å². The van der Waals surface area contributed by atoms with Gasteiger partial charge in [-0.3, -0.25) is 0 Å². The number of nitrogens with one attached hydrogen (secondary N) is 2. The summed E-state index contributed by atoms with van der Waals surface area (Å²) in [6, 6.07) is 13.0. The van der Waals surface area contributed by atoms with E-state index in [1.807, 2.05) is 24.3 Å². The van der Waals surface area contributed by atoms with Crippen LogP contribution in [0.2, 0.25) is 15.1 Å². The van der Waals surface area contributed by atoms with Gasteiger partial charge in [-0.25, -0.2) is 0 Å². The SMILES string of the molecule is Clc1ccc(CCNc2nncc(Nc3c(Cl)cccc3Cl)n2)cc1. The molecule has 2 N–H and O–H groups in total. The van der Waals surface area contributed by atoms with Crippen molar-refractivity contribution in [2.24, 2.45) is 0 Å². The topological polar surface area (TPSA) is 62.7 Å². The Bertz CT molecular complexity index is 835. The minimum absolute atomic E-state index is 0.419. The molecule has 0 bridgehead atoms. The third-order valence-electron chi connectivity index (χ3n) is 3.38. The largest absolute Gasteiger partial charge is 0.353 e. The number of rotatable bonds is 6. The van der Waals surface area contributed by atoms with Crippen LogP contribution in [0.1, 0.15) is 5.56 Å². The van der Waals surface area contributed by atoms with Crippen molar-refractivity contribution in [2.75, 3.05) is 17.2 Å². The van der Waals surface area contributed by atoms with E-state index < -0.39 is 0 Å². The third-order valence-corrected chi connectivity index (χ3v) is 4.27. The summed E-state index contributed by atoms with van der Waals surface area (Å²) in [5, 5.41) is 15.8. The lowest BCUT2D eigenvalue weighted by atomic mass is 10.1. The van der Waals surface area contributed by atoms with Crippen molar-refractivity contribution < 1.29 is 0 Å². The molecule has 25 heavy (non-hydrogen) atoms. The van der Waals surface area contributed by atoms with E-state index in [2.05, 4.69) is 25.8 Å². The second kappa shape index (κ2) is 8.34. The Kier molecular flexibility index (Phi) is 5.91. The highest BCUT2D eigenvalue weighted by Gasteiger charge is 2.07. The van der Waals surface area contributed by atoms with Gasteiger partial charge >= 0.3 is 0 Å². The Morgan fingerprint density at radius 2 is 1.64 bits per heavy atom. The van der Waals surface area contributed by atoms with Gasteiger partial charge in [-0.05, 0) is 36.2 Å². The zero-order chi connectivity index (χ0) is 17.6. The molecule has 2 aromatic carbocycles. The van der Waals surface area contributed by atoms with Crippen molar-refractivity contribution in [1.29, 1.82) is 0 Å². The number of benzene rings is 2. The summed E-state index contributed by atoms with van der Waals surface area (Å²) in [7, 11) is 0. The first kappa shape index (κ1) is 17.7. The lowest BCUT2D eigenvalue weighted by Crippen LogP contribution is -2.09. The highest BCUT2D eigenvalue weighted by molar-refractivity contribution is 6.39. The molecule has 5 nitrogen and oxygen atoms in total. The highest BCUT2D eigenvalue weighted by Crippen LogP contribution is 2.31. The fourth-order valence-electron chi connectivity index (χ4n) is 2.15. The Labute approximate surface area is 160 Å². The van der Waals surface area contributed by atoms with Crippen LogP contribution in [0, 0.1) is 0 Å². The number of hydrogen-bond donors (Lipinski definition) is 2. The Balaban J connectivity index is 1.62. The van der Waals surface area contributed by atoms with Gasteiger partial charge < -0.3 is 10.6 Å². The molecule has 0 saturated heterocycles. The van der Waals surface area contributed by atoms with Gasteiger partial charge in [0.15, 0.2) is 5.82 Å². The summed E-state index contributed by atoms with van der Waals surface area (Å²) in [5.74, 6) is 0.918. The van der Waals surface area contributed by atoms with Crippen LogP contribution in [-0.4, -0.2) is 21.7 Å². The summed E-state index contributed by atoms with van der Waals surface area (Å²) in [4.78, 5) is 4.36. The standard InChI is InChI=1S/C17H14Cl3N5/c18-12-6-4-11(5-7-12)8-9-21-17-24-15(10-22-25-17)23-16-13(19)2-1-3-14(16)20/h1-7,10H,8-9H2,(H2,21,23,24,25). The van der Waals surface area contributed by atoms with Crippen molar-refractivity contribution in [3.8, 4) is 0 Å². The Hall–Kier alpha value is -2.08. The summed E-state index contributed by atoms with van der Waals surface area (Å²) < 4.78 is 0. The second-order valence-corrected chi connectivity index (χ2v) is 6.44. The van der Waals surface area contributed by atoms with Crippen LogP contribution in [0.4, 0.5) is 17.5 Å². The minimum atomic E-state index is 0.419. The van der Waals surface area contributed by atoms with Gasteiger partial charge in [0.2, 0.25) is 5.95 Å². The van der Waals surface area contributed by atoms with Crippen molar-refractivity contribution in [2.45, 2.75) is 6.42 Å². The van der Waals surface area contributed by atoms with Gasteiger partial charge in [0, 0.05) is 11.6 Å². The summed E-state index contributed by atoms with van der Waals surface area (Å²) in [6.45, 7) is 0.666. The summed E-state index contributed by atoms with van der Waals surface area (Å²) >= 11 is 18.2. The maximum absolute atomic E-state index is 6.15. The number of hydrogen-bond acceptors (Lipinski definition) is 5. The smallest absolute Gasteiger partial charge is 0.244 e. The van der Waals surface area contributed by atoms with Gasteiger partial charge in [-0.2, -0.15) is 10.1 Å². The van der Waals surface area contributed by atoms with Gasteiger partial charge in [0.25, 0.3) is 0 Å². The van der Waals surface area contributed by atoms with E-state index in [9.17, 15) is 0 Å². The molecule has 0 amide bonds. The first-order valence-corrected chi connectivity index (χ1v) is 8.64. The highest BCUT2D eigenvalue weighted by atomic mass is 35.5. The Morgan fingerprint density at radius 1 is 0.920 bits per heavy atom. The van der Waals surface area contributed by atoms with E-state index in [-0.39, 0.29) is 0 Å². The van der Waals surface area contributed by atoms with E-state index in [1.165, 1.54) is 11.8 Å². The van der Waals surface area contributed by atoms with Crippen LogP contribution >= 0.6 is 34.8 Å². The first-order chi connectivity index (χ1) is 12.1. The average molecular weight is 395 g/mol. The van der Waals surface area contributed by atoms with Crippen LogP contribution in [0.5, 0.6) is 0 Å². The molecule has 1 heterocycles. The van der Waals surface area contributed by atoms with Gasteiger partial charge in [-0.15, -0.1) is 5.10 Å². The predicted octanol–water partition coefficient (Wildman–Crippen LogP) is 5.23. The molecule has 128 valence electrons. The zero-order valence-corrected chi connectivity index (χ0v) is 15.3. The molecule has 3 rings (SSSR count). The van der Waals surface area contributed by atoms with Crippen LogP contribution in [0.3, 0.4) is 0 Å². The number of para-hydroxylation sites is 1. The molecule has 0 fully saturated rings. The van der Waals surface area contributed by atoms with Crippen LogP contribution in [-0.2, 0) is 6.42 Å². The molecule has 0 aliphatic rings. The molecular formula is C17H14Cl3N5. The lowest BCUT2D eigenvalue weighted by Gasteiger charge is -2.10. The molecule has 3 aromatic rings. The normalized spacial score (nSPS) is 10.5. The number of anilines is 3. The molecule has 0 unspecified atom stereocenters. The fraction of sp³-hybridized carbons (Fsp3) is 0.118. The maximum Gasteiger partial charge on any atom is 0.244 e. The molecule has 1 aromatic heterocycles. The number of nitrogens with zero attached hydrogens (tertiary/aromatic N) is 3. The van der Waals surface area contributed by atoms with Crippen LogP contribution in [0.15, 0.2) is 48.7 Å². The van der Waals surface area contributed by atoms with E-state index in [0.717, 1.165) is 11.4 Å². The summed E-state index contributed by atoms with van der Waals surface area (Å²) in [6.07, 6.45) is 2.32. The van der Waals surface area contributed by atoms with Gasteiger partial charge in [-0.1, -0.05) is 53.0 Å². The van der Waals surface area contributed by atoms with Gasteiger partial charge in [0.1, 0.15) is 0 Å². The van der Waals surface area contributed by atoms with E-state index in [1.54, 1.807) is 18.2 Å². The molecule has 0 radical (unpaired) electrons. The monoisotopic (exact) mass is 393 g/mol. The van der Waals surface area contributed by atoms with Crippen molar-refractivity contribution in [3.05, 3.63) is 69.3 Å². The van der Waals surface area contributed by atoms with Crippen LogP contribution in [0.25, 0.3) is 0 Å². The minimum Gasteiger partial charge on any atom is -0.353 e. The molecule has 0 aliphatic carbocycles. The van der Waals surface area contributed by atoms with Crippen molar-refractivity contribution >= 4 is 52.3 Å². The third kappa shape index (κ3) is 4.95. The molecule has 0 spiro atoms. The number of halogens is 3. The molecule has 0 saturated carbocycles. The number of aromatic nitrogens is 3. The lowest BCUT2D eigenvalue weighted by molar-refractivity contribution is 0.929. The molecule has 0 aliphatic heterocycles. The predicted molar refractivity (Wildman–Crippen MR) is 103 cm³/mol. The fourth-order valence-corrected chi connectivity index (χ4v) is 2.77. The molecular weight excluding hydrogens is 381 g/mol. The van der Waals surface area contributed by atoms with Crippen molar-refractivity contribution in [3.63, 3.8) is 0 Å². The van der Waals surface area contributed by atoms with E-state index in [4.69, 9.17) is 34.8 Å². The van der Waals surface area contributed by atoms with E-state index >= 15 is 0 Å². The molecule has 0 atom stereocenters.